The third-order valence-corrected chi connectivity index (χ3v) is 5.43. The Morgan fingerprint density at radius 1 is 0.970 bits per heavy atom. The predicted octanol–water partition coefficient (Wildman–Crippen LogP) is 4.96. The fraction of sp³-hybridized carbons (Fsp3) is 0.222. The topological polar surface area (TPSA) is 90.9 Å². The van der Waals surface area contributed by atoms with Gasteiger partial charge < -0.3 is 15.4 Å². The number of rotatable bonds is 7. The van der Waals surface area contributed by atoms with Crippen LogP contribution in [0, 0.1) is 6.92 Å². The van der Waals surface area contributed by atoms with E-state index in [1.807, 2.05) is 43.3 Å². The van der Waals surface area contributed by atoms with E-state index in [2.05, 4.69) is 42.3 Å². The van der Waals surface area contributed by atoms with Gasteiger partial charge in [-0.05, 0) is 48.4 Å². The number of hydrogen-bond donors (Lipinski definition) is 3. The van der Waals surface area contributed by atoms with Crippen LogP contribution in [0.2, 0.25) is 0 Å². The molecule has 1 amide bonds. The minimum Gasteiger partial charge on any atom is -0.395 e. The number of amides is 1. The Labute approximate surface area is 193 Å². The maximum Gasteiger partial charge on any atom is 0.251 e. The molecule has 168 valence electrons. The van der Waals surface area contributed by atoms with Crippen molar-refractivity contribution in [3.63, 3.8) is 0 Å². The summed E-state index contributed by atoms with van der Waals surface area (Å²) in [4.78, 5) is 25.2. The van der Waals surface area contributed by atoms with Crippen molar-refractivity contribution in [3.05, 3.63) is 83.8 Å². The third-order valence-electron chi connectivity index (χ3n) is 5.43. The molecule has 0 aliphatic rings. The van der Waals surface area contributed by atoms with Crippen molar-refractivity contribution in [1.29, 1.82) is 0 Å². The van der Waals surface area contributed by atoms with Crippen molar-refractivity contribution in [1.82, 2.24) is 20.3 Å². The average Bonchev–Trinajstić information content (AvgIpc) is 3.29. The monoisotopic (exact) mass is 440 g/mol. The quantitative estimate of drug-likeness (QED) is 0.379. The van der Waals surface area contributed by atoms with E-state index in [0.29, 0.717) is 5.56 Å². The Morgan fingerprint density at radius 3 is 2.39 bits per heavy atom. The molecule has 0 spiro atoms. The van der Waals surface area contributed by atoms with E-state index in [1.165, 1.54) is 0 Å². The summed E-state index contributed by atoms with van der Waals surface area (Å²) in [5, 5.41) is 11.6. The lowest BCUT2D eigenvalue weighted by molar-refractivity contribution is 0.0945. The number of hydrogen-bond acceptors (Lipinski definition) is 4. The van der Waals surface area contributed by atoms with Gasteiger partial charge in [0, 0.05) is 29.3 Å². The number of imidazole rings is 1. The van der Waals surface area contributed by atoms with Crippen molar-refractivity contribution in [2.75, 3.05) is 13.2 Å². The molecule has 0 aliphatic carbocycles. The van der Waals surface area contributed by atoms with Crippen molar-refractivity contribution in [3.8, 4) is 33.8 Å². The van der Waals surface area contributed by atoms with Crippen molar-refractivity contribution in [2.24, 2.45) is 0 Å². The van der Waals surface area contributed by atoms with Gasteiger partial charge in [0.25, 0.3) is 5.91 Å². The second-order valence-electron chi connectivity index (χ2n) is 8.30. The van der Waals surface area contributed by atoms with E-state index >= 15 is 0 Å². The molecule has 0 saturated heterocycles. The first-order valence-corrected chi connectivity index (χ1v) is 11.1. The van der Waals surface area contributed by atoms with Gasteiger partial charge in [-0.15, -0.1) is 0 Å². The fourth-order valence-electron chi connectivity index (χ4n) is 3.67. The number of nitrogens with one attached hydrogen (secondary N) is 2. The molecule has 0 saturated carbocycles. The van der Waals surface area contributed by atoms with Gasteiger partial charge in [-0.1, -0.05) is 50.2 Å². The summed E-state index contributed by atoms with van der Waals surface area (Å²) in [6.07, 6.45) is 0. The Hall–Kier alpha value is -3.77. The molecule has 33 heavy (non-hydrogen) atoms. The molecule has 0 aliphatic heterocycles. The molecule has 0 bridgehead atoms. The highest BCUT2D eigenvalue weighted by Gasteiger charge is 2.17. The second-order valence-corrected chi connectivity index (χ2v) is 8.30. The summed E-state index contributed by atoms with van der Waals surface area (Å²) < 4.78 is 0. The Balaban J connectivity index is 1.70. The predicted molar refractivity (Wildman–Crippen MR) is 131 cm³/mol. The number of H-pyrrole nitrogens is 1. The molecule has 0 atom stereocenters. The zero-order chi connectivity index (χ0) is 23.4. The van der Waals surface area contributed by atoms with Gasteiger partial charge >= 0.3 is 0 Å². The normalized spacial score (nSPS) is 11.1. The van der Waals surface area contributed by atoms with Crippen LogP contribution in [0.15, 0.2) is 66.7 Å². The third kappa shape index (κ3) is 5.02. The van der Waals surface area contributed by atoms with E-state index in [0.717, 1.165) is 45.3 Å². The van der Waals surface area contributed by atoms with Gasteiger partial charge in [0.05, 0.1) is 18.0 Å². The largest absolute Gasteiger partial charge is 0.395 e. The maximum atomic E-state index is 12.1. The van der Waals surface area contributed by atoms with Crippen LogP contribution < -0.4 is 5.32 Å². The van der Waals surface area contributed by atoms with Crippen LogP contribution in [-0.2, 0) is 0 Å². The summed E-state index contributed by atoms with van der Waals surface area (Å²) in [5.41, 5.74) is 7.21. The van der Waals surface area contributed by atoms with Crippen molar-refractivity contribution < 1.29 is 9.90 Å². The number of nitrogens with zero attached hydrogens (tertiary/aromatic N) is 2. The van der Waals surface area contributed by atoms with E-state index in [9.17, 15) is 4.79 Å². The SMILES string of the molecule is Cc1cccc(-c2nc(C(C)C)[nH]c2-c2cccc(-c3ccc(C(=O)NCCO)cc3)c2)n1. The molecule has 2 aromatic carbocycles. The molecule has 4 aromatic rings. The number of aromatic amines is 1. The number of aliphatic hydroxyl groups excluding tert-OH is 1. The number of aliphatic hydroxyl groups is 1. The lowest BCUT2D eigenvalue weighted by atomic mass is 9.99. The lowest BCUT2D eigenvalue weighted by Crippen LogP contribution is -2.26. The highest BCUT2D eigenvalue weighted by Crippen LogP contribution is 2.33. The highest BCUT2D eigenvalue weighted by atomic mass is 16.3. The smallest absolute Gasteiger partial charge is 0.251 e. The molecule has 0 radical (unpaired) electrons. The fourth-order valence-corrected chi connectivity index (χ4v) is 3.67. The van der Waals surface area contributed by atoms with Crippen LogP contribution in [0.4, 0.5) is 0 Å². The van der Waals surface area contributed by atoms with Crippen molar-refractivity contribution >= 4 is 5.91 Å². The van der Waals surface area contributed by atoms with Crippen LogP contribution in [0.1, 0.15) is 41.6 Å². The van der Waals surface area contributed by atoms with Gasteiger partial charge in [-0.25, -0.2) is 4.98 Å². The summed E-state index contributed by atoms with van der Waals surface area (Å²) >= 11 is 0. The molecule has 4 rings (SSSR count). The van der Waals surface area contributed by atoms with Crippen LogP contribution >= 0.6 is 0 Å². The Morgan fingerprint density at radius 2 is 1.70 bits per heavy atom. The van der Waals surface area contributed by atoms with Crippen LogP contribution in [0.3, 0.4) is 0 Å². The zero-order valence-corrected chi connectivity index (χ0v) is 19.1. The van der Waals surface area contributed by atoms with Crippen LogP contribution in [0.25, 0.3) is 33.8 Å². The summed E-state index contributed by atoms with van der Waals surface area (Å²) in [6, 6.07) is 21.7. The first-order valence-electron chi connectivity index (χ1n) is 11.1. The standard InChI is InChI=1S/C27H28N4O2/c1-17(2)26-30-24(25(31-26)23-9-4-6-18(3)29-23)22-8-5-7-21(16-22)19-10-12-20(13-11-19)27(33)28-14-15-32/h4-13,16-17,32H,14-15H2,1-3H3,(H,28,33)(H,30,31). The minimum atomic E-state index is -0.196. The minimum absolute atomic E-state index is 0.0806. The van der Waals surface area contributed by atoms with E-state index in [4.69, 9.17) is 15.1 Å². The first kappa shape index (κ1) is 22.4. The Bertz CT molecular complexity index is 1260. The highest BCUT2D eigenvalue weighted by molar-refractivity contribution is 5.94. The summed E-state index contributed by atoms with van der Waals surface area (Å²) in [5.74, 6) is 0.986. The molecule has 2 heterocycles. The maximum absolute atomic E-state index is 12.1. The van der Waals surface area contributed by atoms with Crippen LogP contribution in [0.5, 0.6) is 0 Å². The second kappa shape index (κ2) is 9.79. The number of carbonyl (C=O) groups excluding carboxylic acids is 1. The number of aryl methyl sites for hydroxylation is 1. The zero-order valence-electron chi connectivity index (χ0n) is 19.1. The number of pyridine rings is 1. The number of aromatic nitrogens is 3. The molecule has 6 nitrogen and oxygen atoms in total. The van der Waals surface area contributed by atoms with Gasteiger partial charge in [0.2, 0.25) is 0 Å². The van der Waals surface area contributed by atoms with E-state index in [1.54, 1.807) is 12.1 Å². The van der Waals surface area contributed by atoms with E-state index < -0.39 is 0 Å². The molecule has 0 fully saturated rings. The summed E-state index contributed by atoms with van der Waals surface area (Å²) in [7, 11) is 0. The molecular formula is C27H28N4O2. The van der Waals surface area contributed by atoms with Crippen molar-refractivity contribution in [2.45, 2.75) is 26.7 Å². The first-order chi connectivity index (χ1) is 16.0. The molecule has 3 N–H and O–H groups in total. The molecule has 0 unspecified atom stereocenters. The molecule has 6 heteroatoms. The Kier molecular flexibility index (Phi) is 6.66. The summed E-state index contributed by atoms with van der Waals surface area (Å²) in [6.45, 7) is 6.37. The van der Waals surface area contributed by atoms with Crippen LogP contribution in [-0.4, -0.2) is 39.1 Å². The lowest BCUT2D eigenvalue weighted by Gasteiger charge is -2.08. The molecular weight excluding hydrogens is 412 g/mol. The average molecular weight is 441 g/mol. The molecule has 2 aromatic heterocycles. The number of benzene rings is 2. The van der Waals surface area contributed by atoms with Gasteiger partial charge in [0.15, 0.2) is 0 Å². The number of carbonyl (C=O) groups is 1. The van der Waals surface area contributed by atoms with Gasteiger partial charge in [0.1, 0.15) is 11.5 Å². The van der Waals surface area contributed by atoms with Gasteiger partial charge in [-0.3, -0.25) is 9.78 Å². The van der Waals surface area contributed by atoms with E-state index in [-0.39, 0.29) is 25.0 Å². The van der Waals surface area contributed by atoms with Gasteiger partial charge in [-0.2, -0.15) is 0 Å².